The summed E-state index contributed by atoms with van der Waals surface area (Å²) in [5.74, 6) is -1.76. The highest BCUT2D eigenvalue weighted by molar-refractivity contribution is 5.86. The van der Waals surface area contributed by atoms with Crippen LogP contribution in [0.4, 0.5) is 18.0 Å². The fourth-order valence-electron chi connectivity index (χ4n) is 4.52. The van der Waals surface area contributed by atoms with Crippen LogP contribution in [-0.4, -0.2) is 45.6 Å². The average molecular weight is 464 g/mol. The predicted octanol–water partition coefficient (Wildman–Crippen LogP) is 4.11. The Morgan fingerprint density at radius 2 is 1.64 bits per heavy atom. The Bertz CT molecular complexity index is 1100. The van der Waals surface area contributed by atoms with Crippen molar-refractivity contribution in [3.63, 3.8) is 0 Å². The van der Waals surface area contributed by atoms with Gasteiger partial charge in [-0.25, -0.2) is 14.8 Å². The number of para-hydroxylation sites is 1. The largest absolute Gasteiger partial charge is 0.451 e. The highest BCUT2D eigenvalue weighted by atomic mass is 19.4. The second-order valence-corrected chi connectivity index (χ2v) is 10.3. The number of alkyl halides is 3. The van der Waals surface area contributed by atoms with Crippen molar-refractivity contribution in [3.05, 3.63) is 35.8 Å². The van der Waals surface area contributed by atoms with Gasteiger partial charge in [0, 0.05) is 24.4 Å². The first kappa shape index (κ1) is 23.3. The van der Waals surface area contributed by atoms with E-state index in [4.69, 9.17) is 4.74 Å². The smallest absolute Gasteiger partial charge is 0.444 e. The van der Waals surface area contributed by atoms with Crippen LogP contribution < -0.4 is 5.32 Å². The van der Waals surface area contributed by atoms with Gasteiger partial charge in [0.2, 0.25) is 11.7 Å². The number of carbonyl (C=O) groups is 2. The molecule has 178 valence electrons. The first-order valence-corrected chi connectivity index (χ1v) is 10.8. The van der Waals surface area contributed by atoms with E-state index in [1.807, 2.05) is 0 Å². The number of fused-ring (bicyclic) bond motifs is 2. The number of likely N-dealkylation sites (tertiary alicyclic amines) is 1. The number of hydrogen-bond acceptors (Lipinski definition) is 5. The van der Waals surface area contributed by atoms with Crippen molar-refractivity contribution < 1.29 is 27.5 Å². The molecule has 0 radical (unpaired) electrons. The second-order valence-electron chi connectivity index (χ2n) is 10.3. The molecular formula is C23H27F3N4O3. The van der Waals surface area contributed by atoms with E-state index in [1.54, 1.807) is 57.7 Å². The predicted molar refractivity (Wildman–Crippen MR) is 114 cm³/mol. The lowest BCUT2D eigenvalue weighted by atomic mass is 9.95. The molecule has 2 heterocycles. The minimum atomic E-state index is -4.71. The molecule has 2 fully saturated rings. The molecule has 1 aliphatic carbocycles. The zero-order valence-corrected chi connectivity index (χ0v) is 19.2. The van der Waals surface area contributed by atoms with Gasteiger partial charge in [-0.3, -0.25) is 4.79 Å². The third-order valence-electron chi connectivity index (χ3n) is 6.03. The molecule has 4 rings (SSSR count). The van der Waals surface area contributed by atoms with Gasteiger partial charge in [0.05, 0.1) is 16.7 Å². The van der Waals surface area contributed by atoms with Crippen molar-refractivity contribution >= 4 is 22.9 Å². The number of carbonyl (C=O) groups excluding carboxylic acids is 2. The van der Waals surface area contributed by atoms with Crippen molar-refractivity contribution in [1.29, 1.82) is 0 Å². The Hall–Kier alpha value is -2.91. The maximum atomic E-state index is 13.4. The molecule has 2 aliphatic rings. The van der Waals surface area contributed by atoms with Crippen LogP contribution in [0.25, 0.3) is 10.9 Å². The third kappa shape index (κ3) is 4.60. The number of hydrogen-bond donors (Lipinski definition) is 1. The topological polar surface area (TPSA) is 84.4 Å². The number of aromatic nitrogens is 2. The van der Waals surface area contributed by atoms with E-state index in [2.05, 4.69) is 15.3 Å². The Morgan fingerprint density at radius 1 is 1.03 bits per heavy atom. The highest BCUT2D eigenvalue weighted by Gasteiger charge is 2.61. The lowest BCUT2D eigenvalue weighted by Gasteiger charge is -2.29. The van der Waals surface area contributed by atoms with Crippen molar-refractivity contribution in [2.45, 2.75) is 51.9 Å². The van der Waals surface area contributed by atoms with Crippen LogP contribution in [0.2, 0.25) is 0 Å². The molecule has 7 nitrogen and oxygen atoms in total. The van der Waals surface area contributed by atoms with Gasteiger partial charge in [-0.15, -0.1) is 0 Å². The van der Waals surface area contributed by atoms with Gasteiger partial charge in [0.25, 0.3) is 0 Å². The molecule has 2 unspecified atom stereocenters. The Labute approximate surface area is 189 Å². The molecule has 1 saturated carbocycles. The molecule has 1 N–H and O–H groups in total. The highest BCUT2D eigenvalue weighted by Crippen LogP contribution is 2.52. The summed E-state index contributed by atoms with van der Waals surface area (Å²) in [5, 5.41) is 3.33. The summed E-state index contributed by atoms with van der Waals surface area (Å²) >= 11 is 0. The fourth-order valence-corrected chi connectivity index (χ4v) is 4.52. The molecule has 2 atom stereocenters. The van der Waals surface area contributed by atoms with Gasteiger partial charge >= 0.3 is 12.3 Å². The van der Waals surface area contributed by atoms with E-state index in [0.29, 0.717) is 18.5 Å². The van der Waals surface area contributed by atoms with Crippen LogP contribution >= 0.6 is 0 Å². The number of rotatable bonds is 3. The standard InChI is InChI=1S/C23H27F3N4O3/c1-21(2,3)33-20(32)30-10-13-14(11-30)16(13)18(31)29-22(4,5)17-12-8-6-7-9-15(12)27-19(28-17)23(24,25)26/h6-9,13-14,16H,10-11H2,1-5H3,(H,29,31). The van der Waals surface area contributed by atoms with Gasteiger partial charge in [-0.2, -0.15) is 13.2 Å². The molecule has 0 spiro atoms. The van der Waals surface area contributed by atoms with Crippen LogP contribution in [0.3, 0.4) is 0 Å². The van der Waals surface area contributed by atoms with E-state index < -0.39 is 29.2 Å². The van der Waals surface area contributed by atoms with E-state index >= 15 is 0 Å². The molecule has 1 aliphatic heterocycles. The van der Waals surface area contributed by atoms with Crippen LogP contribution in [0, 0.1) is 17.8 Å². The van der Waals surface area contributed by atoms with Crippen LogP contribution in [0.15, 0.2) is 24.3 Å². The summed E-state index contributed by atoms with van der Waals surface area (Å²) in [7, 11) is 0. The van der Waals surface area contributed by atoms with E-state index in [-0.39, 0.29) is 34.9 Å². The lowest BCUT2D eigenvalue weighted by molar-refractivity contribution is -0.144. The van der Waals surface area contributed by atoms with Gasteiger partial charge in [-0.1, -0.05) is 18.2 Å². The van der Waals surface area contributed by atoms with Crippen molar-refractivity contribution in [2.75, 3.05) is 13.1 Å². The van der Waals surface area contributed by atoms with Crippen LogP contribution in [0.5, 0.6) is 0 Å². The number of benzene rings is 1. The summed E-state index contributed by atoms with van der Waals surface area (Å²) in [5.41, 5.74) is -1.50. The average Bonchev–Trinajstić information content (AvgIpc) is 3.19. The van der Waals surface area contributed by atoms with E-state index in [1.165, 1.54) is 6.07 Å². The van der Waals surface area contributed by atoms with Gasteiger partial charge in [0.1, 0.15) is 5.60 Å². The molecule has 1 aromatic heterocycles. The zero-order chi connectivity index (χ0) is 24.3. The van der Waals surface area contributed by atoms with Gasteiger partial charge in [0.15, 0.2) is 0 Å². The summed E-state index contributed by atoms with van der Waals surface area (Å²) in [4.78, 5) is 34.3. The number of ether oxygens (including phenoxy) is 1. The van der Waals surface area contributed by atoms with Crippen LogP contribution in [-0.2, 0) is 21.2 Å². The normalized spacial score (nSPS) is 22.8. The van der Waals surface area contributed by atoms with Crippen molar-refractivity contribution in [3.8, 4) is 0 Å². The summed E-state index contributed by atoms with van der Waals surface area (Å²) in [6.45, 7) is 9.48. The maximum absolute atomic E-state index is 13.4. The molecular weight excluding hydrogens is 437 g/mol. The number of halogens is 3. The summed E-state index contributed by atoms with van der Waals surface area (Å²) < 4.78 is 45.6. The van der Waals surface area contributed by atoms with Gasteiger partial charge < -0.3 is 15.0 Å². The monoisotopic (exact) mass is 464 g/mol. The fraction of sp³-hybridized carbons (Fsp3) is 0.565. The minimum absolute atomic E-state index is 0.0150. The molecule has 1 aromatic carbocycles. The Kier molecular flexibility index (Phi) is 5.33. The maximum Gasteiger partial charge on any atom is 0.451 e. The second kappa shape index (κ2) is 7.56. The number of nitrogens with zero attached hydrogens (tertiary/aromatic N) is 3. The minimum Gasteiger partial charge on any atom is -0.444 e. The Morgan fingerprint density at radius 3 is 2.21 bits per heavy atom. The van der Waals surface area contributed by atoms with Crippen LogP contribution in [0.1, 0.15) is 46.1 Å². The molecule has 1 saturated heterocycles. The summed E-state index contributed by atoms with van der Waals surface area (Å²) in [6, 6.07) is 6.43. The molecule has 10 heteroatoms. The molecule has 0 bridgehead atoms. The Balaban J connectivity index is 1.49. The quantitative estimate of drug-likeness (QED) is 0.739. The van der Waals surface area contributed by atoms with E-state index in [9.17, 15) is 22.8 Å². The number of piperidine rings is 1. The summed E-state index contributed by atoms with van der Waals surface area (Å²) in [6.07, 6.45) is -5.11. The van der Waals surface area contributed by atoms with Crippen molar-refractivity contribution in [1.82, 2.24) is 20.2 Å². The first-order valence-electron chi connectivity index (χ1n) is 10.8. The molecule has 2 aromatic rings. The molecule has 2 amide bonds. The molecule has 33 heavy (non-hydrogen) atoms. The zero-order valence-electron chi connectivity index (χ0n) is 19.2. The number of amides is 2. The van der Waals surface area contributed by atoms with Gasteiger partial charge in [-0.05, 0) is 52.5 Å². The SMILES string of the molecule is CC(C)(C)OC(=O)N1CC2C(C1)C2C(=O)NC(C)(C)c1nc(C(F)(F)F)nc2ccccc12. The number of nitrogens with one attached hydrogen (secondary N) is 1. The lowest BCUT2D eigenvalue weighted by Crippen LogP contribution is -2.45. The first-order chi connectivity index (χ1) is 15.2. The van der Waals surface area contributed by atoms with E-state index in [0.717, 1.165) is 0 Å². The third-order valence-corrected chi connectivity index (χ3v) is 6.03. The van der Waals surface area contributed by atoms with Crippen molar-refractivity contribution in [2.24, 2.45) is 17.8 Å².